The first-order chi connectivity index (χ1) is 11.7. The molecule has 3 aromatic rings. The number of nitrogens with one attached hydrogen (secondary N) is 2. The minimum absolute atomic E-state index is 0.207. The molecule has 0 bridgehead atoms. The second kappa shape index (κ2) is 6.19. The standard InChI is InChI=1S/C17H11F5N2O/c18-11-2-3-12-9(8-23-14(12)7-11)5-16(25)24-15-6-10(17(20,21)22)1-4-13(15)19/h1-4,6-8,23H,5H2,(H,24,25). The molecule has 25 heavy (non-hydrogen) atoms. The van der Waals surface area contributed by atoms with Crippen LogP contribution in [0.3, 0.4) is 0 Å². The van der Waals surface area contributed by atoms with E-state index < -0.39 is 35.0 Å². The number of hydrogen-bond acceptors (Lipinski definition) is 1. The number of aromatic amines is 1. The van der Waals surface area contributed by atoms with Crippen LogP contribution in [0, 0.1) is 11.6 Å². The average molecular weight is 354 g/mol. The Labute approximate surface area is 138 Å². The first kappa shape index (κ1) is 16.9. The normalized spacial score (nSPS) is 11.7. The highest BCUT2D eigenvalue weighted by atomic mass is 19.4. The summed E-state index contributed by atoms with van der Waals surface area (Å²) in [6, 6.07) is 5.74. The molecular formula is C17H11F5N2O. The summed E-state index contributed by atoms with van der Waals surface area (Å²) >= 11 is 0. The number of anilines is 1. The Kier molecular flexibility index (Phi) is 4.20. The highest BCUT2D eigenvalue weighted by Gasteiger charge is 2.31. The van der Waals surface area contributed by atoms with E-state index in [1.165, 1.54) is 24.4 Å². The molecule has 0 fully saturated rings. The van der Waals surface area contributed by atoms with E-state index in [-0.39, 0.29) is 6.42 Å². The van der Waals surface area contributed by atoms with Gasteiger partial charge in [-0.25, -0.2) is 8.78 Å². The number of fused-ring (bicyclic) bond motifs is 1. The van der Waals surface area contributed by atoms with Crippen molar-refractivity contribution in [2.24, 2.45) is 0 Å². The fourth-order valence-electron chi connectivity index (χ4n) is 2.47. The van der Waals surface area contributed by atoms with Gasteiger partial charge < -0.3 is 10.3 Å². The maximum Gasteiger partial charge on any atom is 0.416 e. The van der Waals surface area contributed by atoms with Crippen molar-refractivity contribution in [1.82, 2.24) is 4.98 Å². The van der Waals surface area contributed by atoms with Crippen molar-refractivity contribution in [3.63, 3.8) is 0 Å². The molecule has 0 saturated carbocycles. The average Bonchev–Trinajstić information content (AvgIpc) is 2.90. The minimum atomic E-state index is -4.64. The van der Waals surface area contributed by atoms with E-state index >= 15 is 0 Å². The molecule has 8 heteroatoms. The first-order valence-corrected chi connectivity index (χ1v) is 7.16. The van der Waals surface area contributed by atoms with E-state index in [4.69, 9.17) is 0 Å². The fourth-order valence-corrected chi connectivity index (χ4v) is 2.47. The van der Waals surface area contributed by atoms with E-state index in [0.29, 0.717) is 34.7 Å². The van der Waals surface area contributed by atoms with E-state index in [2.05, 4.69) is 10.3 Å². The molecule has 1 heterocycles. The quantitative estimate of drug-likeness (QED) is 0.661. The molecule has 0 radical (unpaired) electrons. The second-order valence-electron chi connectivity index (χ2n) is 5.42. The molecule has 130 valence electrons. The molecular weight excluding hydrogens is 343 g/mol. The molecule has 1 amide bonds. The van der Waals surface area contributed by atoms with Crippen molar-refractivity contribution in [3.8, 4) is 0 Å². The molecule has 0 atom stereocenters. The van der Waals surface area contributed by atoms with Gasteiger partial charge in [0.1, 0.15) is 11.6 Å². The van der Waals surface area contributed by atoms with E-state index in [9.17, 15) is 26.7 Å². The van der Waals surface area contributed by atoms with E-state index in [0.717, 1.165) is 0 Å². The summed E-state index contributed by atoms with van der Waals surface area (Å²) in [5.74, 6) is -2.11. The van der Waals surface area contributed by atoms with Gasteiger partial charge in [-0.2, -0.15) is 13.2 Å². The Morgan fingerprint density at radius 1 is 1.08 bits per heavy atom. The molecule has 3 rings (SSSR count). The predicted molar refractivity (Wildman–Crippen MR) is 82.0 cm³/mol. The minimum Gasteiger partial charge on any atom is -0.361 e. The number of rotatable bonds is 3. The Morgan fingerprint density at radius 3 is 2.56 bits per heavy atom. The van der Waals surface area contributed by atoms with Gasteiger partial charge in [-0.1, -0.05) is 0 Å². The van der Waals surface area contributed by atoms with Gasteiger partial charge in [-0.15, -0.1) is 0 Å². The SMILES string of the molecule is O=C(Cc1c[nH]c2cc(F)ccc12)Nc1cc(C(F)(F)F)ccc1F. The number of carbonyl (C=O) groups is 1. The largest absolute Gasteiger partial charge is 0.416 e. The number of alkyl halides is 3. The Morgan fingerprint density at radius 2 is 1.84 bits per heavy atom. The molecule has 2 aromatic carbocycles. The Hall–Kier alpha value is -2.90. The van der Waals surface area contributed by atoms with Gasteiger partial charge >= 0.3 is 6.18 Å². The lowest BCUT2D eigenvalue weighted by molar-refractivity contribution is -0.137. The van der Waals surface area contributed by atoms with Gasteiger partial charge in [-0.05, 0) is 42.0 Å². The summed E-state index contributed by atoms with van der Waals surface area (Å²) in [6.45, 7) is 0. The lowest BCUT2D eigenvalue weighted by Crippen LogP contribution is -2.16. The van der Waals surface area contributed by atoms with E-state index in [1.54, 1.807) is 0 Å². The molecule has 3 nitrogen and oxygen atoms in total. The maximum atomic E-state index is 13.7. The van der Waals surface area contributed by atoms with Crippen LogP contribution in [0.25, 0.3) is 10.9 Å². The van der Waals surface area contributed by atoms with Gasteiger partial charge in [0.15, 0.2) is 0 Å². The smallest absolute Gasteiger partial charge is 0.361 e. The third-order valence-electron chi connectivity index (χ3n) is 3.65. The summed E-state index contributed by atoms with van der Waals surface area (Å²) in [5, 5.41) is 2.73. The summed E-state index contributed by atoms with van der Waals surface area (Å²) in [4.78, 5) is 14.9. The molecule has 0 aliphatic rings. The Bertz CT molecular complexity index is 946. The van der Waals surface area contributed by atoms with Crippen LogP contribution >= 0.6 is 0 Å². The zero-order chi connectivity index (χ0) is 18.2. The molecule has 0 aliphatic heterocycles. The topological polar surface area (TPSA) is 44.9 Å². The van der Waals surface area contributed by atoms with Gasteiger partial charge in [-0.3, -0.25) is 4.79 Å². The molecule has 0 unspecified atom stereocenters. The number of hydrogen-bond donors (Lipinski definition) is 2. The lowest BCUT2D eigenvalue weighted by Gasteiger charge is -2.11. The Balaban J connectivity index is 1.80. The number of amides is 1. The van der Waals surface area contributed by atoms with E-state index in [1.807, 2.05) is 0 Å². The molecule has 0 aliphatic carbocycles. The van der Waals surface area contributed by atoms with Gasteiger partial charge in [0.2, 0.25) is 5.91 Å². The molecule has 1 aromatic heterocycles. The monoisotopic (exact) mass is 354 g/mol. The van der Waals surface area contributed by atoms with Crippen LogP contribution in [0.4, 0.5) is 27.6 Å². The molecule has 0 spiro atoms. The van der Waals surface area contributed by atoms with Crippen LogP contribution in [-0.4, -0.2) is 10.9 Å². The van der Waals surface area contributed by atoms with Crippen molar-refractivity contribution >= 4 is 22.5 Å². The number of benzene rings is 2. The number of aromatic nitrogens is 1. The summed E-state index contributed by atoms with van der Waals surface area (Å²) in [6.07, 6.45) is -3.36. The number of halogens is 5. The third kappa shape index (κ3) is 3.62. The molecule has 2 N–H and O–H groups in total. The molecule has 0 saturated heterocycles. The highest BCUT2D eigenvalue weighted by molar-refractivity contribution is 5.95. The van der Waals surface area contributed by atoms with Crippen molar-refractivity contribution in [1.29, 1.82) is 0 Å². The van der Waals surface area contributed by atoms with Crippen molar-refractivity contribution in [2.45, 2.75) is 12.6 Å². The number of H-pyrrole nitrogens is 1. The lowest BCUT2D eigenvalue weighted by atomic mass is 10.1. The van der Waals surface area contributed by atoms with Crippen LogP contribution in [0.15, 0.2) is 42.6 Å². The zero-order valence-corrected chi connectivity index (χ0v) is 12.5. The van der Waals surface area contributed by atoms with Crippen molar-refractivity contribution < 1.29 is 26.7 Å². The first-order valence-electron chi connectivity index (χ1n) is 7.16. The zero-order valence-electron chi connectivity index (χ0n) is 12.5. The third-order valence-corrected chi connectivity index (χ3v) is 3.65. The van der Waals surface area contributed by atoms with Crippen LogP contribution in [0.5, 0.6) is 0 Å². The van der Waals surface area contributed by atoms with Crippen molar-refractivity contribution in [3.05, 3.63) is 65.4 Å². The van der Waals surface area contributed by atoms with Crippen LogP contribution in [0.1, 0.15) is 11.1 Å². The van der Waals surface area contributed by atoms with Gasteiger partial charge in [0, 0.05) is 17.1 Å². The fraction of sp³-hybridized carbons (Fsp3) is 0.118. The second-order valence-corrected chi connectivity index (χ2v) is 5.42. The predicted octanol–water partition coefficient (Wildman–Crippen LogP) is 4.65. The highest BCUT2D eigenvalue weighted by Crippen LogP contribution is 2.32. The number of carbonyl (C=O) groups excluding carboxylic acids is 1. The van der Waals surface area contributed by atoms with Crippen molar-refractivity contribution in [2.75, 3.05) is 5.32 Å². The van der Waals surface area contributed by atoms with Gasteiger partial charge in [0.25, 0.3) is 0 Å². The summed E-state index contributed by atoms with van der Waals surface area (Å²) < 4.78 is 64.8. The van der Waals surface area contributed by atoms with Crippen LogP contribution < -0.4 is 5.32 Å². The van der Waals surface area contributed by atoms with Gasteiger partial charge in [0.05, 0.1) is 17.7 Å². The van der Waals surface area contributed by atoms with Crippen LogP contribution in [-0.2, 0) is 17.4 Å². The summed E-state index contributed by atoms with van der Waals surface area (Å²) in [7, 11) is 0. The summed E-state index contributed by atoms with van der Waals surface area (Å²) in [5.41, 5.74) is -0.620. The van der Waals surface area contributed by atoms with Crippen LogP contribution in [0.2, 0.25) is 0 Å². The maximum absolute atomic E-state index is 13.7.